The standard InChI is InChI=1S/C19H21FN4/c1-3-23-19(20,16-6-4-15(12-21)5-7-16)17-8-9-18(14(17)2)24-11-10-22-13-24/h4-7,10-11,13,17,23H,3,8-9H2,1-2H3. The molecule has 0 aliphatic heterocycles. The Bertz CT molecular complexity index is 771. The van der Waals surface area contributed by atoms with Crippen LogP contribution in [0.1, 0.15) is 37.8 Å². The molecule has 1 N–H and O–H groups in total. The van der Waals surface area contributed by atoms with Gasteiger partial charge in [-0.25, -0.2) is 9.37 Å². The molecular formula is C19H21FN4. The monoisotopic (exact) mass is 324 g/mol. The summed E-state index contributed by atoms with van der Waals surface area (Å²) in [5.41, 5.74) is 3.27. The molecule has 24 heavy (non-hydrogen) atoms. The molecule has 1 heterocycles. The number of allylic oxidation sites excluding steroid dienone is 1. The molecule has 0 saturated carbocycles. The second kappa shape index (κ2) is 6.58. The van der Waals surface area contributed by atoms with Crippen molar-refractivity contribution in [3.8, 4) is 6.07 Å². The van der Waals surface area contributed by atoms with E-state index in [1.807, 2.05) is 24.6 Å². The lowest BCUT2D eigenvalue weighted by molar-refractivity contribution is 0.0577. The number of rotatable bonds is 5. The zero-order chi connectivity index (χ0) is 17.2. The van der Waals surface area contributed by atoms with Crippen molar-refractivity contribution in [2.24, 2.45) is 5.92 Å². The molecule has 4 nitrogen and oxygen atoms in total. The lowest BCUT2D eigenvalue weighted by atomic mass is 9.85. The zero-order valence-electron chi connectivity index (χ0n) is 14.0. The highest BCUT2D eigenvalue weighted by Gasteiger charge is 2.44. The van der Waals surface area contributed by atoms with Crippen molar-refractivity contribution in [3.05, 3.63) is 59.7 Å². The average Bonchev–Trinajstić information content (AvgIpc) is 3.24. The van der Waals surface area contributed by atoms with Crippen LogP contribution in [0.2, 0.25) is 0 Å². The second-order valence-corrected chi connectivity index (χ2v) is 6.12. The summed E-state index contributed by atoms with van der Waals surface area (Å²) in [7, 11) is 0. The van der Waals surface area contributed by atoms with Gasteiger partial charge in [-0.1, -0.05) is 19.1 Å². The van der Waals surface area contributed by atoms with E-state index in [1.54, 1.807) is 36.8 Å². The Morgan fingerprint density at radius 2 is 2.17 bits per heavy atom. The molecule has 5 heteroatoms. The minimum absolute atomic E-state index is 0.247. The molecule has 0 fully saturated rings. The summed E-state index contributed by atoms with van der Waals surface area (Å²) >= 11 is 0. The van der Waals surface area contributed by atoms with Crippen LogP contribution in [-0.4, -0.2) is 16.1 Å². The van der Waals surface area contributed by atoms with Crippen LogP contribution in [0, 0.1) is 17.2 Å². The van der Waals surface area contributed by atoms with Gasteiger partial charge in [0.15, 0.2) is 5.79 Å². The lowest BCUT2D eigenvalue weighted by Gasteiger charge is -2.33. The normalized spacial score (nSPS) is 20.0. The van der Waals surface area contributed by atoms with Crippen LogP contribution in [0.3, 0.4) is 0 Å². The van der Waals surface area contributed by atoms with E-state index in [1.165, 1.54) is 0 Å². The van der Waals surface area contributed by atoms with Crippen molar-refractivity contribution >= 4 is 5.70 Å². The van der Waals surface area contributed by atoms with Gasteiger partial charge in [-0.15, -0.1) is 0 Å². The number of hydrogen-bond donors (Lipinski definition) is 1. The first-order valence-corrected chi connectivity index (χ1v) is 8.22. The van der Waals surface area contributed by atoms with E-state index in [-0.39, 0.29) is 5.92 Å². The van der Waals surface area contributed by atoms with Gasteiger partial charge in [-0.3, -0.25) is 5.32 Å². The van der Waals surface area contributed by atoms with Crippen LogP contribution < -0.4 is 5.32 Å². The molecule has 1 aliphatic rings. The molecule has 0 saturated heterocycles. The van der Waals surface area contributed by atoms with E-state index >= 15 is 4.39 Å². The summed E-state index contributed by atoms with van der Waals surface area (Å²) in [6.45, 7) is 4.44. The third-order valence-corrected chi connectivity index (χ3v) is 4.81. The highest BCUT2D eigenvalue weighted by atomic mass is 19.1. The number of halogens is 1. The van der Waals surface area contributed by atoms with Crippen molar-refractivity contribution in [3.63, 3.8) is 0 Å². The Labute approximate surface area is 141 Å². The molecule has 0 spiro atoms. The van der Waals surface area contributed by atoms with Gasteiger partial charge >= 0.3 is 0 Å². The maximum atomic E-state index is 16.1. The predicted octanol–water partition coefficient (Wildman–Crippen LogP) is 3.83. The Morgan fingerprint density at radius 1 is 1.42 bits per heavy atom. The fourth-order valence-corrected chi connectivity index (χ4v) is 3.62. The second-order valence-electron chi connectivity index (χ2n) is 6.12. The number of alkyl halides is 1. The zero-order valence-corrected chi connectivity index (χ0v) is 14.0. The van der Waals surface area contributed by atoms with Gasteiger partial charge in [0.05, 0.1) is 18.0 Å². The summed E-state index contributed by atoms with van der Waals surface area (Å²) < 4.78 is 18.1. The number of benzene rings is 1. The fourth-order valence-electron chi connectivity index (χ4n) is 3.62. The topological polar surface area (TPSA) is 53.6 Å². The van der Waals surface area contributed by atoms with Gasteiger partial charge in [0.2, 0.25) is 0 Å². The molecule has 0 bridgehead atoms. The maximum absolute atomic E-state index is 16.1. The van der Waals surface area contributed by atoms with Crippen molar-refractivity contribution < 1.29 is 4.39 Å². The minimum atomic E-state index is -1.64. The van der Waals surface area contributed by atoms with Crippen LogP contribution in [0.15, 0.2) is 48.6 Å². The smallest absolute Gasteiger partial charge is 0.193 e. The van der Waals surface area contributed by atoms with Crippen LogP contribution in [0.25, 0.3) is 5.70 Å². The molecule has 1 aromatic carbocycles. The molecule has 2 atom stereocenters. The Morgan fingerprint density at radius 3 is 2.75 bits per heavy atom. The van der Waals surface area contributed by atoms with Crippen LogP contribution in [0.4, 0.5) is 4.39 Å². The number of nitrogens with one attached hydrogen (secondary N) is 1. The maximum Gasteiger partial charge on any atom is 0.193 e. The average molecular weight is 324 g/mol. The molecule has 124 valence electrons. The molecule has 2 unspecified atom stereocenters. The number of imidazole rings is 1. The highest BCUT2D eigenvalue weighted by Crippen LogP contribution is 2.46. The number of nitriles is 1. The summed E-state index contributed by atoms with van der Waals surface area (Å²) in [5, 5.41) is 12.0. The van der Waals surface area contributed by atoms with Crippen LogP contribution in [0.5, 0.6) is 0 Å². The Hall–Kier alpha value is -2.45. The van der Waals surface area contributed by atoms with E-state index in [4.69, 9.17) is 5.26 Å². The Balaban J connectivity index is 2.00. The largest absolute Gasteiger partial charge is 0.310 e. The van der Waals surface area contributed by atoms with Gasteiger partial charge in [0.25, 0.3) is 0 Å². The van der Waals surface area contributed by atoms with Crippen molar-refractivity contribution in [1.82, 2.24) is 14.9 Å². The summed E-state index contributed by atoms with van der Waals surface area (Å²) in [4.78, 5) is 4.09. The number of nitrogens with zero attached hydrogens (tertiary/aromatic N) is 3. The van der Waals surface area contributed by atoms with E-state index in [0.717, 1.165) is 24.1 Å². The van der Waals surface area contributed by atoms with Gasteiger partial charge < -0.3 is 4.57 Å². The van der Waals surface area contributed by atoms with Gasteiger partial charge in [0.1, 0.15) is 0 Å². The minimum Gasteiger partial charge on any atom is -0.310 e. The SMILES string of the molecule is CCNC(F)(c1ccc(C#N)cc1)C1CCC(n2ccnc2)=C1C. The van der Waals surface area contributed by atoms with E-state index in [2.05, 4.69) is 16.4 Å². The summed E-state index contributed by atoms with van der Waals surface area (Å²) in [6.07, 6.45) is 6.95. The van der Waals surface area contributed by atoms with Crippen LogP contribution >= 0.6 is 0 Å². The Kier molecular flexibility index (Phi) is 4.50. The van der Waals surface area contributed by atoms with Gasteiger partial charge in [0, 0.05) is 29.6 Å². The molecule has 2 aromatic rings. The van der Waals surface area contributed by atoms with E-state index in [9.17, 15) is 0 Å². The quantitative estimate of drug-likeness (QED) is 0.851. The molecule has 0 amide bonds. The molecule has 1 aromatic heterocycles. The van der Waals surface area contributed by atoms with Crippen molar-refractivity contribution in [1.29, 1.82) is 5.26 Å². The van der Waals surface area contributed by atoms with Gasteiger partial charge in [-0.05, 0) is 44.0 Å². The molecular weight excluding hydrogens is 303 g/mol. The number of hydrogen-bond acceptors (Lipinski definition) is 3. The predicted molar refractivity (Wildman–Crippen MR) is 91.5 cm³/mol. The van der Waals surface area contributed by atoms with Crippen molar-refractivity contribution in [2.75, 3.05) is 6.54 Å². The summed E-state index contributed by atoms with van der Waals surface area (Å²) in [5.74, 6) is -1.89. The fraction of sp³-hybridized carbons (Fsp3) is 0.368. The molecule has 3 rings (SSSR count). The molecule has 1 aliphatic carbocycles. The third kappa shape index (κ3) is 2.74. The first kappa shape index (κ1) is 16.4. The van der Waals surface area contributed by atoms with Crippen molar-refractivity contribution in [2.45, 2.75) is 32.5 Å². The van der Waals surface area contributed by atoms with E-state index in [0.29, 0.717) is 17.7 Å². The first-order chi connectivity index (χ1) is 11.6. The molecule has 0 radical (unpaired) electrons. The highest BCUT2D eigenvalue weighted by molar-refractivity contribution is 5.55. The summed E-state index contributed by atoms with van der Waals surface area (Å²) in [6, 6.07) is 8.85. The van der Waals surface area contributed by atoms with Crippen LogP contribution in [-0.2, 0) is 5.79 Å². The third-order valence-electron chi connectivity index (χ3n) is 4.81. The first-order valence-electron chi connectivity index (χ1n) is 8.22. The van der Waals surface area contributed by atoms with E-state index < -0.39 is 5.79 Å². The number of aromatic nitrogens is 2. The lowest BCUT2D eigenvalue weighted by Crippen LogP contribution is -2.44. The van der Waals surface area contributed by atoms with Gasteiger partial charge in [-0.2, -0.15) is 5.26 Å².